The van der Waals surface area contributed by atoms with Crippen molar-refractivity contribution in [2.45, 2.75) is 19.8 Å². The van der Waals surface area contributed by atoms with E-state index in [0.29, 0.717) is 0 Å². The number of methoxy groups -OCH3 is 1. The zero-order chi connectivity index (χ0) is 11.0. The fourth-order valence-corrected chi connectivity index (χ4v) is 2.21. The van der Waals surface area contributed by atoms with Crippen LogP contribution in [0.5, 0.6) is 5.75 Å². The summed E-state index contributed by atoms with van der Waals surface area (Å²) in [6, 6.07) is 6.22. The molecule has 0 saturated carbocycles. The number of rotatable bonds is 1. The maximum absolute atomic E-state index is 9.06. The summed E-state index contributed by atoms with van der Waals surface area (Å²) in [5.74, 6) is 1.15. The smallest absolute Gasteiger partial charge is 0.123 e. The molecule has 15 heavy (non-hydrogen) atoms. The monoisotopic (exact) mass is 199 g/mol. The van der Waals surface area contributed by atoms with E-state index in [1.54, 1.807) is 7.11 Å². The van der Waals surface area contributed by atoms with Crippen molar-refractivity contribution in [2.24, 2.45) is 0 Å². The molecule has 0 aliphatic heterocycles. The van der Waals surface area contributed by atoms with Gasteiger partial charge in [0.15, 0.2) is 0 Å². The maximum Gasteiger partial charge on any atom is 0.123 e. The molecule has 2 rings (SSSR count). The molecule has 0 bridgehead atoms. The fraction of sp³-hybridized carbons (Fsp3) is 0.308. The third-order valence-electron chi connectivity index (χ3n) is 2.90. The Morgan fingerprint density at radius 1 is 1.40 bits per heavy atom. The number of hydrogen-bond donors (Lipinski definition) is 0. The molecule has 2 heteroatoms. The van der Waals surface area contributed by atoms with Gasteiger partial charge in [-0.25, -0.2) is 0 Å². The predicted molar refractivity (Wildman–Crippen MR) is 59.7 cm³/mol. The Balaban J connectivity index is 2.72. The molecule has 0 aromatic heterocycles. The Bertz CT molecular complexity index is 480. The van der Waals surface area contributed by atoms with Gasteiger partial charge in [0.05, 0.1) is 18.8 Å². The summed E-state index contributed by atoms with van der Waals surface area (Å²) < 4.78 is 5.33. The number of allylic oxidation sites excluding steroid dienone is 2. The Labute approximate surface area is 89.8 Å². The van der Waals surface area contributed by atoms with Crippen LogP contribution < -0.4 is 4.74 Å². The third kappa shape index (κ3) is 1.32. The molecule has 76 valence electrons. The van der Waals surface area contributed by atoms with Crippen LogP contribution in [0.3, 0.4) is 0 Å². The van der Waals surface area contributed by atoms with Crippen molar-refractivity contribution >= 4 is 5.57 Å². The summed E-state index contributed by atoms with van der Waals surface area (Å²) in [6.07, 6.45) is 2.00. The van der Waals surface area contributed by atoms with Gasteiger partial charge in [-0.05, 0) is 18.6 Å². The first kappa shape index (κ1) is 9.79. The summed E-state index contributed by atoms with van der Waals surface area (Å²) in [6.45, 7) is 4.12. The molecule has 1 aliphatic carbocycles. The second kappa shape index (κ2) is 3.43. The van der Waals surface area contributed by atoms with E-state index in [2.05, 4.69) is 13.0 Å². The largest absolute Gasteiger partial charge is 0.496 e. The molecule has 0 heterocycles. The first-order chi connectivity index (χ1) is 7.19. The van der Waals surface area contributed by atoms with E-state index in [0.717, 1.165) is 28.0 Å². The van der Waals surface area contributed by atoms with Crippen molar-refractivity contribution in [3.63, 3.8) is 0 Å². The summed E-state index contributed by atoms with van der Waals surface area (Å²) >= 11 is 0. The average Bonchev–Trinajstić information content (AvgIpc) is 2.58. The Morgan fingerprint density at radius 3 is 2.73 bits per heavy atom. The number of hydrogen-bond acceptors (Lipinski definition) is 2. The Morgan fingerprint density at radius 2 is 2.13 bits per heavy atom. The van der Waals surface area contributed by atoms with Crippen molar-refractivity contribution in [1.29, 1.82) is 5.26 Å². The molecule has 0 spiro atoms. The van der Waals surface area contributed by atoms with Crippen molar-refractivity contribution in [3.05, 3.63) is 34.9 Å². The van der Waals surface area contributed by atoms with Gasteiger partial charge in [-0.15, -0.1) is 0 Å². The molecule has 2 nitrogen and oxygen atoms in total. The zero-order valence-corrected chi connectivity index (χ0v) is 9.16. The van der Waals surface area contributed by atoms with Gasteiger partial charge in [0.1, 0.15) is 5.75 Å². The molecular formula is C13H13NO. The highest BCUT2D eigenvalue weighted by Crippen LogP contribution is 2.42. The van der Waals surface area contributed by atoms with Gasteiger partial charge in [-0.1, -0.05) is 19.1 Å². The minimum atomic E-state index is 0.268. The standard InChI is InChI=1S/C13H13NO/c1-8-4-5-11(15-3)13-9(2)6-10(7-14)12(8)13/h4-6,9H,1-3H3. The quantitative estimate of drug-likeness (QED) is 0.696. The lowest BCUT2D eigenvalue weighted by Gasteiger charge is -2.12. The predicted octanol–water partition coefficient (Wildman–Crippen LogP) is 3.03. The molecular weight excluding hydrogens is 186 g/mol. The zero-order valence-electron chi connectivity index (χ0n) is 9.16. The van der Waals surface area contributed by atoms with Crippen molar-refractivity contribution in [1.82, 2.24) is 0 Å². The second-order valence-corrected chi connectivity index (χ2v) is 3.85. The van der Waals surface area contributed by atoms with Crippen LogP contribution >= 0.6 is 0 Å². The fourth-order valence-electron chi connectivity index (χ4n) is 2.21. The topological polar surface area (TPSA) is 33.0 Å². The van der Waals surface area contributed by atoms with Crippen molar-refractivity contribution in [3.8, 4) is 11.8 Å². The normalized spacial score (nSPS) is 18.0. The van der Waals surface area contributed by atoms with Crippen LogP contribution in [-0.4, -0.2) is 7.11 Å². The third-order valence-corrected chi connectivity index (χ3v) is 2.90. The van der Waals surface area contributed by atoms with E-state index in [-0.39, 0.29) is 5.92 Å². The number of aryl methyl sites for hydroxylation is 1. The minimum absolute atomic E-state index is 0.268. The molecule has 1 atom stereocenters. The summed E-state index contributed by atoms with van der Waals surface area (Å²) in [7, 11) is 1.67. The van der Waals surface area contributed by atoms with E-state index in [1.807, 2.05) is 25.1 Å². The van der Waals surface area contributed by atoms with E-state index in [9.17, 15) is 0 Å². The van der Waals surface area contributed by atoms with Crippen LogP contribution in [-0.2, 0) is 0 Å². The lowest BCUT2D eigenvalue weighted by atomic mass is 9.96. The van der Waals surface area contributed by atoms with Gasteiger partial charge in [-0.3, -0.25) is 0 Å². The van der Waals surface area contributed by atoms with Gasteiger partial charge < -0.3 is 4.74 Å². The van der Waals surface area contributed by atoms with Crippen LogP contribution in [0.4, 0.5) is 0 Å². The van der Waals surface area contributed by atoms with Crippen molar-refractivity contribution in [2.75, 3.05) is 7.11 Å². The molecule has 0 amide bonds. The number of fused-ring (bicyclic) bond motifs is 1. The average molecular weight is 199 g/mol. The highest BCUT2D eigenvalue weighted by molar-refractivity contribution is 5.86. The molecule has 1 aliphatic rings. The molecule has 1 aromatic carbocycles. The SMILES string of the molecule is COc1ccc(C)c2c1C(C)C=C2C#N. The van der Waals surface area contributed by atoms with Crippen LogP contribution in [0.2, 0.25) is 0 Å². The highest BCUT2D eigenvalue weighted by Gasteiger charge is 2.25. The minimum Gasteiger partial charge on any atom is -0.496 e. The van der Waals surface area contributed by atoms with Gasteiger partial charge in [0, 0.05) is 17.0 Å². The van der Waals surface area contributed by atoms with Crippen molar-refractivity contribution < 1.29 is 4.74 Å². The maximum atomic E-state index is 9.06. The molecule has 0 saturated heterocycles. The lowest BCUT2D eigenvalue weighted by Crippen LogP contribution is -1.96. The van der Waals surface area contributed by atoms with E-state index < -0.39 is 0 Å². The van der Waals surface area contributed by atoms with E-state index in [4.69, 9.17) is 10.00 Å². The van der Waals surface area contributed by atoms with Gasteiger partial charge in [0.2, 0.25) is 0 Å². The lowest BCUT2D eigenvalue weighted by molar-refractivity contribution is 0.409. The molecule has 0 N–H and O–H groups in total. The van der Waals surface area contributed by atoms with Crippen LogP contribution in [0.15, 0.2) is 18.2 Å². The summed E-state index contributed by atoms with van der Waals surface area (Å²) in [4.78, 5) is 0. The summed E-state index contributed by atoms with van der Waals surface area (Å²) in [5, 5.41) is 9.06. The summed E-state index contributed by atoms with van der Waals surface area (Å²) in [5.41, 5.74) is 4.12. The van der Waals surface area contributed by atoms with Crippen LogP contribution in [0.25, 0.3) is 5.57 Å². The van der Waals surface area contributed by atoms with Gasteiger partial charge in [-0.2, -0.15) is 5.26 Å². The Kier molecular flexibility index (Phi) is 2.24. The van der Waals surface area contributed by atoms with Gasteiger partial charge >= 0.3 is 0 Å². The first-order valence-electron chi connectivity index (χ1n) is 4.98. The number of nitriles is 1. The number of benzene rings is 1. The van der Waals surface area contributed by atoms with Gasteiger partial charge in [0.25, 0.3) is 0 Å². The number of nitrogens with zero attached hydrogens (tertiary/aromatic N) is 1. The van der Waals surface area contributed by atoms with Crippen LogP contribution in [0, 0.1) is 18.3 Å². The molecule has 1 unspecified atom stereocenters. The molecule has 1 aromatic rings. The highest BCUT2D eigenvalue weighted by atomic mass is 16.5. The second-order valence-electron chi connectivity index (χ2n) is 3.85. The van der Waals surface area contributed by atoms with Crippen LogP contribution in [0.1, 0.15) is 29.5 Å². The molecule has 0 radical (unpaired) electrons. The molecule has 0 fully saturated rings. The first-order valence-corrected chi connectivity index (χ1v) is 4.98. The van der Waals surface area contributed by atoms with E-state index >= 15 is 0 Å². The number of ether oxygens (including phenoxy) is 1. The van der Waals surface area contributed by atoms with E-state index in [1.165, 1.54) is 0 Å². The Hall–Kier alpha value is -1.75.